The van der Waals surface area contributed by atoms with Gasteiger partial charge in [-0.2, -0.15) is 9.78 Å². The van der Waals surface area contributed by atoms with Crippen LogP contribution < -0.4 is 0 Å². The summed E-state index contributed by atoms with van der Waals surface area (Å²) in [7, 11) is 0. The summed E-state index contributed by atoms with van der Waals surface area (Å²) in [4.78, 5) is 11.1. The lowest BCUT2D eigenvalue weighted by Crippen LogP contribution is -2.43. The first-order chi connectivity index (χ1) is 11.2. The smallest absolute Gasteiger partial charge is 0.312 e. The molecule has 1 aromatic carbocycles. The Morgan fingerprint density at radius 2 is 2.00 bits per heavy atom. The van der Waals surface area contributed by atoms with Gasteiger partial charge in [0.15, 0.2) is 0 Å². The average Bonchev–Trinajstić information content (AvgIpc) is 2.60. The molecule has 23 heavy (non-hydrogen) atoms. The van der Waals surface area contributed by atoms with E-state index in [4.69, 9.17) is 24.0 Å². The molecule has 5 heteroatoms. The first-order valence-corrected chi connectivity index (χ1v) is 8.19. The zero-order valence-electron chi connectivity index (χ0n) is 14.0. The number of hydrogen-bond acceptors (Lipinski definition) is 5. The van der Waals surface area contributed by atoms with Crippen LogP contribution in [0.1, 0.15) is 38.7 Å². The van der Waals surface area contributed by atoms with Crippen LogP contribution in [0, 0.1) is 0 Å². The lowest BCUT2D eigenvalue weighted by molar-refractivity contribution is -0.533. The van der Waals surface area contributed by atoms with Crippen LogP contribution in [0.2, 0.25) is 0 Å². The SMILES string of the molecule is C=C(c1ccccc1)C(OCC)OOC1(OCC)CCCCO1. The molecule has 0 bridgehead atoms. The van der Waals surface area contributed by atoms with Crippen LogP contribution in [-0.2, 0) is 24.0 Å². The lowest BCUT2D eigenvalue weighted by Gasteiger charge is -2.35. The van der Waals surface area contributed by atoms with Gasteiger partial charge >= 0.3 is 5.97 Å². The van der Waals surface area contributed by atoms with Gasteiger partial charge in [0, 0.05) is 25.2 Å². The molecule has 1 aliphatic rings. The van der Waals surface area contributed by atoms with Gasteiger partial charge in [-0.05, 0) is 32.3 Å². The molecule has 5 nitrogen and oxygen atoms in total. The van der Waals surface area contributed by atoms with Gasteiger partial charge in [-0.25, -0.2) is 0 Å². The average molecular weight is 322 g/mol. The van der Waals surface area contributed by atoms with E-state index in [-0.39, 0.29) is 0 Å². The number of hydrogen-bond donors (Lipinski definition) is 0. The summed E-state index contributed by atoms with van der Waals surface area (Å²) >= 11 is 0. The Bertz CT molecular complexity index is 462. The molecule has 1 aliphatic heterocycles. The fourth-order valence-corrected chi connectivity index (χ4v) is 2.41. The van der Waals surface area contributed by atoms with Crippen LogP contribution in [0.3, 0.4) is 0 Å². The van der Waals surface area contributed by atoms with E-state index in [1.165, 1.54) is 0 Å². The van der Waals surface area contributed by atoms with Crippen LogP contribution in [0.5, 0.6) is 0 Å². The maximum Gasteiger partial charge on any atom is 0.312 e. The summed E-state index contributed by atoms with van der Waals surface area (Å²) in [6.07, 6.45) is 1.86. The quantitative estimate of drug-likeness (QED) is 0.392. The molecule has 2 atom stereocenters. The minimum absolute atomic E-state index is 0.474. The van der Waals surface area contributed by atoms with Crippen LogP contribution in [0.25, 0.3) is 5.57 Å². The first kappa shape index (κ1) is 18.1. The van der Waals surface area contributed by atoms with Gasteiger partial charge in [0.05, 0.1) is 6.61 Å². The fourth-order valence-electron chi connectivity index (χ4n) is 2.41. The maximum atomic E-state index is 5.67. The van der Waals surface area contributed by atoms with E-state index in [9.17, 15) is 0 Å². The molecule has 128 valence electrons. The summed E-state index contributed by atoms with van der Waals surface area (Å²) in [5, 5.41) is 0. The molecular formula is C18H26O5. The van der Waals surface area contributed by atoms with Crippen LogP contribution >= 0.6 is 0 Å². The highest BCUT2D eigenvalue weighted by Gasteiger charge is 2.38. The summed E-state index contributed by atoms with van der Waals surface area (Å²) in [6, 6.07) is 9.73. The van der Waals surface area contributed by atoms with Gasteiger partial charge in [-0.15, -0.1) is 0 Å². The van der Waals surface area contributed by atoms with Gasteiger partial charge in [0.1, 0.15) is 0 Å². The molecule has 0 saturated carbocycles. The molecule has 2 rings (SSSR count). The van der Waals surface area contributed by atoms with Crippen molar-refractivity contribution in [1.82, 2.24) is 0 Å². The first-order valence-electron chi connectivity index (χ1n) is 8.19. The highest BCUT2D eigenvalue weighted by atomic mass is 17.3. The minimum atomic E-state index is -1.15. The van der Waals surface area contributed by atoms with E-state index in [0.29, 0.717) is 31.8 Å². The van der Waals surface area contributed by atoms with Crippen molar-refractivity contribution in [2.24, 2.45) is 0 Å². The zero-order chi connectivity index (χ0) is 16.5. The summed E-state index contributed by atoms with van der Waals surface area (Å²) in [5.41, 5.74) is 1.62. The van der Waals surface area contributed by atoms with E-state index in [0.717, 1.165) is 18.4 Å². The largest absolute Gasteiger partial charge is 0.346 e. The van der Waals surface area contributed by atoms with Crippen molar-refractivity contribution in [2.45, 2.75) is 45.4 Å². The summed E-state index contributed by atoms with van der Waals surface area (Å²) in [5.74, 6) is -1.15. The molecule has 1 heterocycles. The fraction of sp³-hybridized carbons (Fsp3) is 0.556. The van der Waals surface area contributed by atoms with Crippen molar-refractivity contribution in [3.05, 3.63) is 42.5 Å². The van der Waals surface area contributed by atoms with Crippen LogP contribution in [-0.4, -0.2) is 32.1 Å². The van der Waals surface area contributed by atoms with Gasteiger partial charge < -0.3 is 14.2 Å². The number of rotatable bonds is 9. The number of ether oxygens (including phenoxy) is 3. The summed E-state index contributed by atoms with van der Waals surface area (Å²) < 4.78 is 16.9. The Morgan fingerprint density at radius 3 is 2.61 bits per heavy atom. The zero-order valence-corrected chi connectivity index (χ0v) is 14.0. The van der Waals surface area contributed by atoms with E-state index >= 15 is 0 Å². The Labute approximate surface area is 138 Å². The molecule has 0 spiro atoms. The molecule has 0 amide bonds. The van der Waals surface area contributed by atoms with Gasteiger partial charge in [-0.1, -0.05) is 36.9 Å². The van der Waals surface area contributed by atoms with Gasteiger partial charge in [0.25, 0.3) is 0 Å². The topological polar surface area (TPSA) is 46.2 Å². The summed E-state index contributed by atoms with van der Waals surface area (Å²) in [6.45, 7) is 9.39. The van der Waals surface area contributed by atoms with E-state index in [1.54, 1.807) is 0 Å². The van der Waals surface area contributed by atoms with Crippen molar-refractivity contribution < 1.29 is 24.0 Å². The predicted octanol–water partition coefficient (Wildman–Crippen LogP) is 3.90. The van der Waals surface area contributed by atoms with Crippen molar-refractivity contribution in [2.75, 3.05) is 19.8 Å². The molecule has 0 N–H and O–H groups in total. The monoisotopic (exact) mass is 322 g/mol. The molecule has 1 saturated heterocycles. The number of benzene rings is 1. The molecule has 0 radical (unpaired) electrons. The van der Waals surface area contributed by atoms with Gasteiger partial charge in [-0.3, -0.25) is 0 Å². The third-order valence-corrected chi connectivity index (χ3v) is 3.57. The highest BCUT2D eigenvalue weighted by molar-refractivity contribution is 5.65. The van der Waals surface area contributed by atoms with Crippen molar-refractivity contribution in [3.8, 4) is 0 Å². The Morgan fingerprint density at radius 1 is 1.22 bits per heavy atom. The molecule has 0 aromatic heterocycles. The third kappa shape index (κ3) is 5.12. The standard InChI is InChI=1S/C18H26O5/c1-4-19-17(15(3)16-11-7-6-8-12-16)22-23-18(20-5-2)13-9-10-14-21-18/h6-8,11-12,17H,3-5,9-10,13-14H2,1-2H3. The molecule has 2 unspecified atom stereocenters. The van der Waals surface area contributed by atoms with E-state index in [1.807, 2.05) is 44.2 Å². The van der Waals surface area contributed by atoms with Crippen molar-refractivity contribution in [3.63, 3.8) is 0 Å². The lowest BCUT2D eigenvalue weighted by atomic mass is 10.1. The molecule has 1 fully saturated rings. The normalized spacial score (nSPS) is 22.7. The second-order valence-corrected chi connectivity index (χ2v) is 5.28. The van der Waals surface area contributed by atoms with Crippen LogP contribution in [0.4, 0.5) is 0 Å². The highest BCUT2D eigenvalue weighted by Crippen LogP contribution is 2.30. The molecule has 0 aliphatic carbocycles. The van der Waals surface area contributed by atoms with E-state index in [2.05, 4.69) is 6.58 Å². The molecule has 1 aromatic rings. The Hall–Kier alpha value is -1.24. The van der Waals surface area contributed by atoms with Crippen molar-refractivity contribution >= 4 is 5.57 Å². The van der Waals surface area contributed by atoms with Gasteiger partial charge in [0.2, 0.25) is 6.29 Å². The minimum Gasteiger partial charge on any atom is -0.346 e. The Balaban J connectivity index is 2.02. The maximum absolute atomic E-state index is 5.67. The Kier molecular flexibility index (Phi) is 7.20. The second kappa shape index (κ2) is 9.15. The second-order valence-electron chi connectivity index (χ2n) is 5.28. The third-order valence-electron chi connectivity index (χ3n) is 3.57. The van der Waals surface area contributed by atoms with E-state index < -0.39 is 12.3 Å². The van der Waals surface area contributed by atoms with Crippen LogP contribution in [0.15, 0.2) is 36.9 Å². The predicted molar refractivity (Wildman–Crippen MR) is 87.2 cm³/mol. The van der Waals surface area contributed by atoms with Crippen molar-refractivity contribution in [1.29, 1.82) is 0 Å². The molecular weight excluding hydrogens is 296 g/mol.